The van der Waals surface area contributed by atoms with Crippen molar-refractivity contribution >= 4 is 100 Å². The van der Waals surface area contributed by atoms with Crippen molar-refractivity contribution in [2.75, 3.05) is 35.2 Å². The van der Waals surface area contributed by atoms with Crippen LogP contribution in [-0.4, -0.2) is 151 Å². The number of Topliss-reactive ketones (excluding diaryl/α,β-unsaturated/α-hetero) is 1. The molecule has 3 unspecified atom stereocenters. The molecule has 0 bridgehead atoms. The quantitative estimate of drug-likeness (QED) is 0.0284. The maximum absolute atomic E-state index is 12.9. The Bertz CT molecular complexity index is 3680. The van der Waals surface area contributed by atoms with Crippen LogP contribution >= 0.6 is 23.5 Å². The van der Waals surface area contributed by atoms with Gasteiger partial charge in [-0.2, -0.15) is 0 Å². The number of rotatable bonds is 30. The molecule has 0 aromatic heterocycles. The van der Waals surface area contributed by atoms with Gasteiger partial charge < -0.3 is 70.2 Å². The number of para-hydroxylation sites is 2. The Balaban J connectivity index is 0.000000232. The fraction of sp³-hybridized carbons (Fsp3) is 0.329. The number of hydrogen-bond acceptors (Lipinski definition) is 19. The van der Waals surface area contributed by atoms with Gasteiger partial charge in [0.05, 0.1) is 59.8 Å². The Labute approximate surface area is 575 Å². The van der Waals surface area contributed by atoms with Crippen molar-refractivity contribution in [2.24, 2.45) is 40.5 Å². The molecule has 9 rings (SSSR count). The number of nitrogens with two attached hydrogens (primary N) is 5. The molecule has 0 saturated carbocycles. The molecular weight excluding hydrogens is 1300 g/mol. The van der Waals surface area contributed by atoms with Crippen LogP contribution in [-0.2, 0) is 69.1 Å². The van der Waals surface area contributed by atoms with Crippen molar-refractivity contribution in [1.82, 2.24) is 25.8 Å². The highest BCUT2D eigenvalue weighted by atomic mass is 32.2. The number of nitrogens with zero attached hydrogens (tertiary/aromatic N) is 2. The first-order valence-electron chi connectivity index (χ1n) is 31.6. The molecule has 26 nitrogen and oxygen atoms in total. The summed E-state index contributed by atoms with van der Waals surface area (Å²) in [6.07, 6.45) is -0.432. The lowest BCUT2D eigenvalue weighted by Gasteiger charge is -2.30. The molecule has 518 valence electrons. The van der Waals surface area contributed by atoms with Crippen molar-refractivity contribution in [3.63, 3.8) is 0 Å². The Morgan fingerprint density at radius 3 is 1.46 bits per heavy atom. The smallest absolute Gasteiger partial charge is 0.412 e. The Hall–Kier alpha value is -9.97. The number of ketones is 1. The number of aliphatic hydroxyl groups excluding tert-OH is 1. The average molecular weight is 1380 g/mol. The van der Waals surface area contributed by atoms with E-state index in [1.807, 2.05) is 97.1 Å². The second kappa shape index (κ2) is 38.1. The van der Waals surface area contributed by atoms with Gasteiger partial charge in [-0.15, -0.1) is 23.5 Å². The molecule has 11 amide bonds. The molecule has 0 spiro atoms. The normalized spacial score (nSPS) is 17.6. The predicted octanol–water partition coefficient (Wildman–Crippen LogP) is 3.99. The molecular formula is C70H82N12O14S2. The number of nitrogens with one attached hydrogen (secondary N) is 5. The number of carbonyl (C=O) groups is 11. The number of imide groups is 2. The lowest BCUT2D eigenvalue weighted by atomic mass is 9.95. The first-order chi connectivity index (χ1) is 47.0. The van der Waals surface area contributed by atoms with E-state index in [9.17, 15) is 63.0 Å². The first kappa shape index (κ1) is 75.4. The summed E-state index contributed by atoms with van der Waals surface area (Å²) >= 11 is 2.34. The third kappa shape index (κ3) is 24.3. The van der Waals surface area contributed by atoms with Crippen LogP contribution in [0.2, 0.25) is 0 Å². The molecule has 3 fully saturated rings. The van der Waals surface area contributed by atoms with Gasteiger partial charge in [-0.3, -0.25) is 53.0 Å². The number of thioether (sulfide) groups is 2. The molecule has 6 aromatic rings. The molecule has 3 heterocycles. The van der Waals surface area contributed by atoms with Crippen molar-refractivity contribution < 1.29 is 67.7 Å². The molecule has 28 heteroatoms. The van der Waals surface area contributed by atoms with Crippen molar-refractivity contribution in [3.05, 3.63) is 192 Å². The number of likely N-dealkylation sites (tertiary alicyclic amines) is 2. The van der Waals surface area contributed by atoms with Crippen LogP contribution in [0, 0.1) is 11.8 Å². The zero-order valence-electron chi connectivity index (χ0n) is 53.7. The maximum Gasteiger partial charge on any atom is 0.412 e. The lowest BCUT2D eigenvalue weighted by Crippen LogP contribution is -2.54. The number of amides is 11. The van der Waals surface area contributed by atoms with Crippen LogP contribution in [0.25, 0.3) is 0 Å². The Morgan fingerprint density at radius 1 is 0.571 bits per heavy atom. The number of benzene rings is 6. The molecule has 3 saturated heterocycles. The van der Waals surface area contributed by atoms with Gasteiger partial charge in [-0.05, 0) is 103 Å². The van der Waals surface area contributed by atoms with E-state index in [0.29, 0.717) is 25.1 Å². The summed E-state index contributed by atoms with van der Waals surface area (Å²) in [4.78, 5) is 138. The molecule has 3 aliphatic rings. The van der Waals surface area contributed by atoms with E-state index in [1.54, 1.807) is 72.8 Å². The largest absolute Gasteiger partial charge is 0.508 e. The second-order valence-electron chi connectivity index (χ2n) is 23.5. The monoisotopic (exact) mass is 1380 g/mol. The van der Waals surface area contributed by atoms with Crippen LogP contribution in [0.15, 0.2) is 170 Å². The van der Waals surface area contributed by atoms with Crippen molar-refractivity contribution in [3.8, 4) is 11.5 Å². The summed E-state index contributed by atoms with van der Waals surface area (Å²) < 4.78 is 5.27. The average Bonchev–Trinajstić information content (AvgIpc) is 1.69. The topological polar surface area (TPSA) is 434 Å². The van der Waals surface area contributed by atoms with Gasteiger partial charge in [-0.1, -0.05) is 121 Å². The maximum atomic E-state index is 12.9. The lowest BCUT2D eigenvalue weighted by molar-refractivity contribution is -0.140. The number of ether oxygens (including phenoxy) is 1. The second-order valence-corrected chi connectivity index (χ2v) is 26.0. The van der Waals surface area contributed by atoms with Crippen LogP contribution in [0.1, 0.15) is 60.8 Å². The van der Waals surface area contributed by atoms with Crippen LogP contribution in [0.4, 0.5) is 21.0 Å². The molecule has 0 aliphatic carbocycles. The fourth-order valence-electron chi connectivity index (χ4n) is 10.3. The van der Waals surface area contributed by atoms with E-state index in [0.717, 1.165) is 39.7 Å². The SMILES string of the molecule is NC(=O)[C@H](CSC1CC(=O)N(Cc2ccccc2)C1=O)CC(=O)[C@@H](N)CCNC(=O)Oc1ccc(C[C@H](N)C(=O)Nc2ccccc2)cc1.NC(=O)[C@H](CSC1CC(=O)N(Cc2ccccc2)C1=O)CC(O)[C@@H]1CCNC(=O)N1.N[C@@H](Cc1ccc(O)cc1)C(=O)Nc1ccccc1. The van der Waals surface area contributed by atoms with E-state index in [1.165, 1.54) is 21.6 Å². The summed E-state index contributed by atoms with van der Waals surface area (Å²) in [5.41, 5.74) is 33.7. The number of aromatic hydroxyl groups is 1. The molecule has 3 aliphatic heterocycles. The standard InChI is InChI=1S/C35H40N6O7S.C20H26N4O5S.C15H16N2O2/c36-27(29(42)18-24(32(38)44)21-49-30-19-31(43)41(34(30)46)20-23-7-3-1-4-8-23)15-16-39-35(47)48-26-13-11-22(12-14-26)17-28(37)33(45)40-25-9-5-2-6-10-25;21-18(27)13(8-15(25)14-6-7-22-20(29)23-14)11-30-16-9-17(26)24(19(16)28)10-12-4-2-1-3-5-12;16-14(10-11-6-8-13(18)9-7-11)15(19)17-12-4-2-1-3-5-12/h1-14,24,27-28,30H,15-21,36-37H2,(H2,38,44)(H,39,47)(H,40,45);1-5,13-16,25H,6-11H2,(H2,21,27)(H2,22,23,29);1-9,14,18H,10,16H2,(H,17,19)/t24-,27-,28-,30?;13-,14-,15?,16?;14-/m000/s1. The van der Waals surface area contributed by atoms with Crippen LogP contribution < -0.4 is 60.0 Å². The third-order valence-electron chi connectivity index (χ3n) is 15.9. The number of primary amides is 2. The minimum Gasteiger partial charge on any atom is -0.508 e. The zero-order chi connectivity index (χ0) is 70.7. The fourth-order valence-corrected chi connectivity index (χ4v) is 12.9. The summed E-state index contributed by atoms with van der Waals surface area (Å²) in [6.45, 7) is 0.867. The number of carbonyl (C=O) groups excluding carboxylic acids is 11. The molecule has 17 N–H and O–H groups in total. The van der Waals surface area contributed by atoms with Gasteiger partial charge in [0.25, 0.3) is 0 Å². The number of phenols is 1. The van der Waals surface area contributed by atoms with Gasteiger partial charge >= 0.3 is 12.1 Å². The summed E-state index contributed by atoms with van der Waals surface area (Å²) in [6, 6.07) is 46.6. The van der Waals surface area contributed by atoms with Crippen molar-refractivity contribution in [2.45, 2.75) is 105 Å². The van der Waals surface area contributed by atoms with Crippen LogP contribution in [0.5, 0.6) is 11.5 Å². The highest BCUT2D eigenvalue weighted by Crippen LogP contribution is 2.31. The van der Waals surface area contributed by atoms with E-state index < -0.39 is 76.3 Å². The summed E-state index contributed by atoms with van der Waals surface area (Å²) in [5.74, 6) is -4.23. The summed E-state index contributed by atoms with van der Waals surface area (Å²) in [7, 11) is 0. The number of urea groups is 1. The van der Waals surface area contributed by atoms with E-state index in [4.69, 9.17) is 33.4 Å². The number of phenolic OH excluding ortho intramolecular Hbond substituents is 1. The van der Waals surface area contributed by atoms with Gasteiger partial charge in [0.2, 0.25) is 47.3 Å². The minimum absolute atomic E-state index is 0.00324. The first-order valence-corrected chi connectivity index (χ1v) is 33.7. The molecule has 9 atom stereocenters. The van der Waals surface area contributed by atoms with Crippen molar-refractivity contribution in [1.29, 1.82) is 0 Å². The predicted molar refractivity (Wildman–Crippen MR) is 371 cm³/mol. The highest BCUT2D eigenvalue weighted by molar-refractivity contribution is 8.00. The Kier molecular flexibility index (Phi) is 29.3. The number of hydrogen-bond donors (Lipinski definition) is 12. The number of aliphatic hydroxyl groups is 1. The van der Waals surface area contributed by atoms with E-state index >= 15 is 0 Å². The highest BCUT2D eigenvalue weighted by Gasteiger charge is 2.41. The molecule has 0 radical (unpaired) electrons. The zero-order valence-corrected chi connectivity index (χ0v) is 55.3. The third-order valence-corrected chi connectivity index (χ3v) is 18.7. The van der Waals surface area contributed by atoms with Gasteiger partial charge in [-0.25, -0.2) is 9.59 Å². The summed E-state index contributed by atoms with van der Waals surface area (Å²) in [5, 5.41) is 31.7. The molecule has 6 aromatic carbocycles. The van der Waals surface area contributed by atoms with Gasteiger partial charge in [0.1, 0.15) is 17.3 Å². The molecule has 98 heavy (non-hydrogen) atoms. The van der Waals surface area contributed by atoms with E-state index in [-0.39, 0.29) is 123 Å². The van der Waals surface area contributed by atoms with Gasteiger partial charge in [0.15, 0.2) is 0 Å². The van der Waals surface area contributed by atoms with E-state index in [2.05, 4.69) is 26.6 Å². The number of anilines is 2. The Morgan fingerprint density at radius 2 is 1.01 bits per heavy atom. The van der Waals surface area contributed by atoms with Gasteiger partial charge in [0, 0.05) is 61.2 Å². The minimum atomic E-state index is -0.981. The van der Waals surface area contributed by atoms with Crippen LogP contribution in [0.3, 0.4) is 0 Å².